The monoisotopic (exact) mass is 388 g/mol. The lowest BCUT2D eigenvalue weighted by Crippen LogP contribution is -1.98. The van der Waals surface area contributed by atoms with Crippen LogP contribution in [0.2, 0.25) is 0 Å². The van der Waals surface area contributed by atoms with E-state index in [0.29, 0.717) is 0 Å². The van der Waals surface area contributed by atoms with Gasteiger partial charge in [-0.1, -0.05) is 121 Å². The molecule has 0 aliphatic heterocycles. The second-order valence-corrected chi connectivity index (χ2v) is 7.15. The highest BCUT2D eigenvalue weighted by Crippen LogP contribution is 2.28. The number of rotatable bonds is 6. The van der Waals surface area contributed by atoms with Crippen molar-refractivity contribution in [3.8, 4) is 22.3 Å². The Balaban J connectivity index is 0.00000124. The molecule has 0 radical (unpaired) electrons. The third kappa shape index (κ3) is 5.24. The molecule has 0 aliphatic rings. The zero-order valence-electron chi connectivity index (χ0n) is 17.4. The molecule has 30 heavy (non-hydrogen) atoms. The summed E-state index contributed by atoms with van der Waals surface area (Å²) in [5.74, 6) is 0. The second-order valence-electron chi connectivity index (χ2n) is 7.15. The Morgan fingerprint density at radius 3 is 1.20 bits per heavy atom. The molecule has 0 atom stereocenters. The quantitative estimate of drug-likeness (QED) is 0.292. The van der Waals surface area contributed by atoms with Crippen molar-refractivity contribution in [2.24, 2.45) is 0 Å². The molecule has 0 N–H and O–H groups in total. The van der Waals surface area contributed by atoms with Gasteiger partial charge < -0.3 is 0 Å². The standard InChI is InChI=1S/C28H24.C2H4/c1-22(20-25-16-8-10-18-27(25)23-12-4-2-5-13-23)21-26-17-9-11-19-28(26)24-14-6-3-7-15-24;1-2/h2-19H,1,20-21H2;1-2H2. The number of hydrogen-bond acceptors (Lipinski definition) is 0. The predicted octanol–water partition coefficient (Wildman–Crippen LogP) is 8.16. The lowest BCUT2D eigenvalue weighted by Gasteiger charge is -2.14. The van der Waals surface area contributed by atoms with Crippen molar-refractivity contribution in [1.29, 1.82) is 0 Å². The summed E-state index contributed by atoms with van der Waals surface area (Å²) in [6.07, 6.45) is 1.77. The Morgan fingerprint density at radius 1 is 0.467 bits per heavy atom. The van der Waals surface area contributed by atoms with Crippen molar-refractivity contribution >= 4 is 0 Å². The Morgan fingerprint density at radius 2 is 0.800 bits per heavy atom. The number of hydrogen-bond donors (Lipinski definition) is 0. The molecule has 0 fully saturated rings. The van der Waals surface area contributed by atoms with E-state index in [9.17, 15) is 0 Å². The van der Waals surface area contributed by atoms with Crippen LogP contribution in [0.25, 0.3) is 22.3 Å². The minimum atomic E-state index is 0.883. The fourth-order valence-corrected chi connectivity index (χ4v) is 3.75. The first kappa shape index (κ1) is 21.1. The van der Waals surface area contributed by atoms with Crippen LogP contribution in [0.3, 0.4) is 0 Å². The lowest BCUT2D eigenvalue weighted by molar-refractivity contribution is 1.05. The first-order chi connectivity index (χ1) is 14.8. The molecule has 0 heteroatoms. The van der Waals surface area contributed by atoms with E-state index in [1.807, 2.05) is 0 Å². The molecule has 0 saturated carbocycles. The van der Waals surface area contributed by atoms with E-state index in [-0.39, 0.29) is 0 Å². The van der Waals surface area contributed by atoms with Gasteiger partial charge in [0.15, 0.2) is 0 Å². The first-order valence-electron chi connectivity index (χ1n) is 10.2. The summed E-state index contributed by atoms with van der Waals surface area (Å²) >= 11 is 0. The van der Waals surface area contributed by atoms with Gasteiger partial charge in [-0.15, -0.1) is 13.2 Å². The molecule has 0 nitrogen and oxygen atoms in total. The average Bonchev–Trinajstić information content (AvgIpc) is 2.82. The molecule has 0 spiro atoms. The molecular formula is C30H28. The van der Waals surface area contributed by atoms with Crippen LogP contribution in [0.15, 0.2) is 135 Å². The molecule has 148 valence electrons. The third-order valence-corrected chi connectivity index (χ3v) is 5.09. The highest BCUT2D eigenvalue weighted by molar-refractivity contribution is 5.69. The largest absolute Gasteiger partial charge is 0.106 e. The zero-order chi connectivity index (χ0) is 21.2. The van der Waals surface area contributed by atoms with Crippen LogP contribution in [0.1, 0.15) is 11.1 Å². The SMILES string of the molecule is C=C.C=C(Cc1ccccc1-c1ccccc1)Cc1ccccc1-c1ccccc1. The summed E-state index contributed by atoms with van der Waals surface area (Å²) < 4.78 is 0. The summed E-state index contributed by atoms with van der Waals surface area (Å²) in [6.45, 7) is 10.4. The topological polar surface area (TPSA) is 0 Å². The highest BCUT2D eigenvalue weighted by Gasteiger charge is 2.09. The molecular weight excluding hydrogens is 360 g/mol. The highest BCUT2D eigenvalue weighted by atomic mass is 14.1. The fraction of sp³-hybridized carbons (Fsp3) is 0.0667. The van der Waals surface area contributed by atoms with Crippen molar-refractivity contribution in [2.75, 3.05) is 0 Å². The van der Waals surface area contributed by atoms with E-state index >= 15 is 0 Å². The molecule has 0 unspecified atom stereocenters. The fourth-order valence-electron chi connectivity index (χ4n) is 3.75. The Bertz CT molecular complexity index is 988. The lowest BCUT2D eigenvalue weighted by atomic mass is 9.91. The summed E-state index contributed by atoms with van der Waals surface area (Å²) in [6, 6.07) is 38.5. The van der Waals surface area contributed by atoms with Gasteiger partial charge in [-0.3, -0.25) is 0 Å². The zero-order valence-corrected chi connectivity index (χ0v) is 17.4. The van der Waals surface area contributed by atoms with Crippen LogP contribution < -0.4 is 0 Å². The smallest absolute Gasteiger partial charge is 0.00603 e. The van der Waals surface area contributed by atoms with Crippen LogP contribution >= 0.6 is 0 Å². The normalized spacial score (nSPS) is 10.0. The predicted molar refractivity (Wildman–Crippen MR) is 132 cm³/mol. The molecule has 4 aromatic carbocycles. The van der Waals surface area contributed by atoms with Gasteiger partial charge in [-0.25, -0.2) is 0 Å². The van der Waals surface area contributed by atoms with E-state index in [1.165, 1.54) is 39.0 Å². The van der Waals surface area contributed by atoms with Gasteiger partial charge >= 0.3 is 0 Å². The van der Waals surface area contributed by atoms with Gasteiger partial charge in [-0.05, 0) is 46.2 Å². The van der Waals surface area contributed by atoms with Crippen molar-refractivity contribution in [2.45, 2.75) is 12.8 Å². The Labute approximate surface area is 180 Å². The van der Waals surface area contributed by atoms with Crippen LogP contribution in [-0.4, -0.2) is 0 Å². The molecule has 4 aromatic rings. The van der Waals surface area contributed by atoms with Gasteiger partial charge in [0.25, 0.3) is 0 Å². The van der Waals surface area contributed by atoms with Gasteiger partial charge in [0.1, 0.15) is 0 Å². The van der Waals surface area contributed by atoms with Crippen LogP contribution in [-0.2, 0) is 12.8 Å². The molecule has 0 aromatic heterocycles. The maximum Gasteiger partial charge on any atom is -0.00603 e. The van der Waals surface area contributed by atoms with Gasteiger partial charge in [0.2, 0.25) is 0 Å². The maximum atomic E-state index is 4.41. The third-order valence-electron chi connectivity index (χ3n) is 5.09. The number of benzene rings is 4. The van der Waals surface area contributed by atoms with E-state index in [2.05, 4.69) is 129 Å². The van der Waals surface area contributed by atoms with Crippen LogP contribution in [0.4, 0.5) is 0 Å². The summed E-state index contributed by atoms with van der Waals surface area (Å²) in [7, 11) is 0. The second kappa shape index (κ2) is 10.8. The average molecular weight is 389 g/mol. The molecule has 4 rings (SSSR count). The van der Waals surface area contributed by atoms with Crippen molar-refractivity contribution in [3.63, 3.8) is 0 Å². The molecule has 0 heterocycles. The van der Waals surface area contributed by atoms with E-state index < -0.39 is 0 Å². The van der Waals surface area contributed by atoms with E-state index in [4.69, 9.17) is 0 Å². The molecule has 0 aliphatic carbocycles. The van der Waals surface area contributed by atoms with Crippen molar-refractivity contribution in [3.05, 3.63) is 146 Å². The van der Waals surface area contributed by atoms with Crippen molar-refractivity contribution < 1.29 is 0 Å². The minimum Gasteiger partial charge on any atom is -0.106 e. The van der Waals surface area contributed by atoms with Crippen LogP contribution in [0, 0.1) is 0 Å². The van der Waals surface area contributed by atoms with Crippen LogP contribution in [0.5, 0.6) is 0 Å². The summed E-state index contributed by atoms with van der Waals surface area (Å²) in [5.41, 5.74) is 8.99. The Hall–Kier alpha value is -3.64. The molecule has 0 amide bonds. The number of allylic oxidation sites excluding steroid dienone is 1. The summed E-state index contributed by atoms with van der Waals surface area (Å²) in [5, 5.41) is 0. The maximum absolute atomic E-state index is 4.41. The summed E-state index contributed by atoms with van der Waals surface area (Å²) in [4.78, 5) is 0. The van der Waals surface area contributed by atoms with Gasteiger partial charge in [-0.2, -0.15) is 0 Å². The Kier molecular flexibility index (Phi) is 7.58. The van der Waals surface area contributed by atoms with Crippen molar-refractivity contribution in [1.82, 2.24) is 0 Å². The molecule has 0 bridgehead atoms. The van der Waals surface area contributed by atoms with Gasteiger partial charge in [0, 0.05) is 0 Å². The van der Waals surface area contributed by atoms with E-state index in [0.717, 1.165) is 12.8 Å². The molecule has 0 saturated heterocycles. The first-order valence-corrected chi connectivity index (χ1v) is 10.2. The van der Waals surface area contributed by atoms with E-state index in [1.54, 1.807) is 0 Å². The minimum absolute atomic E-state index is 0.883. The van der Waals surface area contributed by atoms with Gasteiger partial charge in [0.05, 0.1) is 0 Å².